The molecule has 140 valence electrons. The second-order valence-corrected chi connectivity index (χ2v) is 8.20. The number of fused-ring (bicyclic) bond motifs is 3. The number of nitrogens with zero attached hydrogens (tertiary/aromatic N) is 2. The van der Waals surface area contributed by atoms with Crippen molar-refractivity contribution in [3.8, 4) is 5.75 Å². The molecule has 2 atom stereocenters. The van der Waals surface area contributed by atoms with Crippen LogP contribution in [0.4, 0.5) is 0 Å². The average molecular weight is 355 g/mol. The maximum Gasteiger partial charge on any atom is 0.237 e. The third-order valence-electron chi connectivity index (χ3n) is 5.84. The van der Waals surface area contributed by atoms with E-state index in [2.05, 4.69) is 35.9 Å². The van der Waals surface area contributed by atoms with Crippen LogP contribution >= 0.6 is 0 Å². The maximum atomic E-state index is 12.9. The Balaban J connectivity index is 1.49. The number of benzene rings is 1. The van der Waals surface area contributed by atoms with Gasteiger partial charge in [-0.25, -0.2) is 0 Å². The number of carbonyl (C=O) groups excluding carboxylic acids is 1. The quantitative estimate of drug-likeness (QED) is 0.921. The van der Waals surface area contributed by atoms with Crippen molar-refractivity contribution < 1.29 is 9.53 Å². The van der Waals surface area contributed by atoms with E-state index in [1.807, 2.05) is 11.0 Å². The molecule has 0 aliphatic carbocycles. The zero-order chi connectivity index (χ0) is 18.3. The van der Waals surface area contributed by atoms with Crippen LogP contribution in [0.1, 0.15) is 31.5 Å². The smallest absolute Gasteiger partial charge is 0.237 e. The standard InChI is InChI=1S/C21H29N3O2/c1-14-8-15(2)11-23(10-14)13-21(25)24-7-6-20-18(12-24)17-9-16(26-3)4-5-19(17)22-20/h4-5,9,14-15,22H,6-8,10-13H2,1-3H3/t14-,15-/m1/s1. The third-order valence-corrected chi connectivity index (χ3v) is 5.84. The first kappa shape index (κ1) is 17.4. The molecular formula is C21H29N3O2. The van der Waals surface area contributed by atoms with Crippen LogP contribution in [0, 0.1) is 11.8 Å². The Morgan fingerprint density at radius 1 is 1.27 bits per heavy atom. The normalized spacial score (nSPS) is 23.9. The summed E-state index contributed by atoms with van der Waals surface area (Å²) in [5.74, 6) is 2.48. The van der Waals surface area contributed by atoms with Gasteiger partial charge in [-0.05, 0) is 36.5 Å². The molecule has 0 radical (unpaired) electrons. The molecule has 2 aliphatic rings. The minimum absolute atomic E-state index is 0.259. The number of hydrogen-bond acceptors (Lipinski definition) is 3. The maximum absolute atomic E-state index is 12.9. The highest BCUT2D eigenvalue weighted by Crippen LogP contribution is 2.30. The Morgan fingerprint density at radius 3 is 2.77 bits per heavy atom. The van der Waals surface area contributed by atoms with Gasteiger partial charge in [0.2, 0.25) is 5.91 Å². The van der Waals surface area contributed by atoms with Crippen LogP contribution in [0.5, 0.6) is 5.75 Å². The van der Waals surface area contributed by atoms with Crippen molar-refractivity contribution in [2.75, 3.05) is 33.3 Å². The lowest BCUT2D eigenvalue weighted by molar-refractivity contribution is -0.134. The minimum Gasteiger partial charge on any atom is -0.497 e. The molecule has 26 heavy (non-hydrogen) atoms. The molecule has 0 spiro atoms. The van der Waals surface area contributed by atoms with E-state index in [1.54, 1.807) is 7.11 Å². The minimum atomic E-state index is 0.259. The van der Waals surface area contributed by atoms with E-state index in [1.165, 1.54) is 23.1 Å². The molecule has 4 rings (SSSR count). The summed E-state index contributed by atoms with van der Waals surface area (Å²) < 4.78 is 5.38. The second kappa shape index (κ2) is 6.95. The van der Waals surface area contributed by atoms with Crippen molar-refractivity contribution in [1.29, 1.82) is 0 Å². The third kappa shape index (κ3) is 3.32. The highest BCUT2D eigenvalue weighted by molar-refractivity contribution is 5.87. The van der Waals surface area contributed by atoms with Gasteiger partial charge in [-0.1, -0.05) is 13.8 Å². The zero-order valence-electron chi connectivity index (χ0n) is 16.0. The van der Waals surface area contributed by atoms with Crippen LogP contribution in [0.3, 0.4) is 0 Å². The van der Waals surface area contributed by atoms with Crippen molar-refractivity contribution >= 4 is 16.8 Å². The van der Waals surface area contributed by atoms with Gasteiger partial charge in [0.05, 0.1) is 13.7 Å². The Morgan fingerprint density at radius 2 is 2.04 bits per heavy atom. The number of ether oxygens (including phenoxy) is 1. The summed E-state index contributed by atoms with van der Waals surface area (Å²) in [6.07, 6.45) is 2.17. The number of aromatic amines is 1. The fraction of sp³-hybridized carbons (Fsp3) is 0.571. The number of likely N-dealkylation sites (tertiary alicyclic amines) is 1. The summed E-state index contributed by atoms with van der Waals surface area (Å²) in [5.41, 5.74) is 3.64. The summed E-state index contributed by atoms with van der Waals surface area (Å²) in [6, 6.07) is 6.12. The monoisotopic (exact) mass is 355 g/mol. The molecule has 2 aromatic rings. The predicted molar refractivity (Wildman–Crippen MR) is 103 cm³/mol. The first-order valence-corrected chi connectivity index (χ1v) is 9.71. The summed E-state index contributed by atoms with van der Waals surface area (Å²) in [5, 5.41) is 1.18. The number of nitrogens with one attached hydrogen (secondary N) is 1. The Kier molecular flexibility index (Phi) is 4.65. The van der Waals surface area contributed by atoms with Crippen molar-refractivity contribution in [2.45, 2.75) is 33.2 Å². The second-order valence-electron chi connectivity index (χ2n) is 8.20. The number of aromatic nitrogens is 1. The molecule has 2 aliphatic heterocycles. The van der Waals surface area contributed by atoms with Crippen molar-refractivity contribution in [1.82, 2.24) is 14.8 Å². The molecule has 0 unspecified atom stereocenters. The molecule has 5 nitrogen and oxygen atoms in total. The molecule has 3 heterocycles. The molecule has 0 bridgehead atoms. The van der Waals surface area contributed by atoms with Gasteiger partial charge in [0.25, 0.3) is 0 Å². The van der Waals surface area contributed by atoms with Crippen LogP contribution in [0.2, 0.25) is 0 Å². The van der Waals surface area contributed by atoms with Crippen LogP contribution in [0.25, 0.3) is 10.9 Å². The lowest BCUT2D eigenvalue weighted by Crippen LogP contribution is -2.46. The number of carbonyl (C=O) groups is 1. The molecule has 1 aromatic heterocycles. The van der Waals surface area contributed by atoms with Crippen molar-refractivity contribution in [3.05, 3.63) is 29.5 Å². The molecule has 1 saturated heterocycles. The van der Waals surface area contributed by atoms with Gasteiger partial charge in [-0.2, -0.15) is 0 Å². The SMILES string of the molecule is COc1ccc2[nH]c3c(c2c1)CN(C(=O)CN1C[C@H](C)C[C@@H](C)C1)CC3. The number of piperidine rings is 1. The van der Waals surface area contributed by atoms with Crippen LogP contribution < -0.4 is 4.74 Å². The van der Waals surface area contributed by atoms with Gasteiger partial charge in [0.1, 0.15) is 5.75 Å². The van der Waals surface area contributed by atoms with Crippen molar-refractivity contribution in [3.63, 3.8) is 0 Å². The predicted octanol–water partition coefficient (Wildman–Crippen LogP) is 3.04. The van der Waals surface area contributed by atoms with Gasteiger partial charge in [0, 0.05) is 54.8 Å². The van der Waals surface area contributed by atoms with Gasteiger partial charge in [-0.15, -0.1) is 0 Å². The van der Waals surface area contributed by atoms with E-state index in [4.69, 9.17) is 4.74 Å². The summed E-state index contributed by atoms with van der Waals surface area (Å²) in [6.45, 7) is 8.71. The Hall–Kier alpha value is -2.01. The first-order chi connectivity index (χ1) is 12.5. The van der Waals surface area contributed by atoms with Crippen LogP contribution in [0.15, 0.2) is 18.2 Å². The highest BCUT2D eigenvalue weighted by Gasteiger charge is 2.28. The molecule has 1 N–H and O–H groups in total. The zero-order valence-corrected chi connectivity index (χ0v) is 16.0. The number of methoxy groups -OCH3 is 1. The number of rotatable bonds is 3. The largest absolute Gasteiger partial charge is 0.497 e. The van der Waals surface area contributed by atoms with E-state index in [0.29, 0.717) is 24.9 Å². The van der Waals surface area contributed by atoms with E-state index in [9.17, 15) is 4.79 Å². The van der Waals surface area contributed by atoms with Crippen LogP contribution in [-0.2, 0) is 17.8 Å². The number of amides is 1. The molecule has 1 aromatic carbocycles. The Labute approximate surface area is 155 Å². The van der Waals surface area contributed by atoms with E-state index in [0.717, 1.165) is 37.3 Å². The number of hydrogen-bond donors (Lipinski definition) is 1. The first-order valence-electron chi connectivity index (χ1n) is 9.71. The summed E-state index contributed by atoms with van der Waals surface area (Å²) >= 11 is 0. The molecule has 5 heteroatoms. The fourth-order valence-electron chi connectivity index (χ4n) is 4.75. The lowest BCUT2D eigenvalue weighted by Gasteiger charge is -2.36. The topological polar surface area (TPSA) is 48.6 Å². The van der Waals surface area contributed by atoms with Gasteiger partial charge < -0.3 is 14.6 Å². The van der Waals surface area contributed by atoms with Crippen molar-refractivity contribution in [2.24, 2.45) is 11.8 Å². The average Bonchev–Trinajstić information content (AvgIpc) is 2.97. The fourth-order valence-corrected chi connectivity index (χ4v) is 4.75. The number of H-pyrrole nitrogens is 1. The van der Waals surface area contributed by atoms with Gasteiger partial charge >= 0.3 is 0 Å². The van der Waals surface area contributed by atoms with Gasteiger partial charge in [0.15, 0.2) is 0 Å². The summed E-state index contributed by atoms with van der Waals surface area (Å²) in [4.78, 5) is 20.8. The molecule has 1 fully saturated rings. The Bertz CT molecular complexity index is 803. The molecule has 0 saturated carbocycles. The highest BCUT2D eigenvalue weighted by atomic mass is 16.5. The van der Waals surface area contributed by atoms with E-state index in [-0.39, 0.29) is 5.91 Å². The lowest BCUT2D eigenvalue weighted by atomic mass is 9.92. The molecular weight excluding hydrogens is 326 g/mol. The summed E-state index contributed by atoms with van der Waals surface area (Å²) in [7, 11) is 1.69. The van der Waals surface area contributed by atoms with Gasteiger partial charge in [-0.3, -0.25) is 9.69 Å². The molecule has 1 amide bonds. The van der Waals surface area contributed by atoms with E-state index >= 15 is 0 Å². The van der Waals surface area contributed by atoms with E-state index < -0.39 is 0 Å². The van der Waals surface area contributed by atoms with Crippen LogP contribution in [-0.4, -0.2) is 54.0 Å².